The first kappa shape index (κ1) is 43.5. The van der Waals surface area contributed by atoms with Crippen LogP contribution in [-0.4, -0.2) is 11.8 Å². The van der Waals surface area contributed by atoms with Crippen molar-refractivity contribution in [1.82, 2.24) is 0 Å². The molecule has 6 aliphatic rings. The molecule has 0 bridgehead atoms. The van der Waals surface area contributed by atoms with Crippen molar-refractivity contribution >= 4 is 11.3 Å². The van der Waals surface area contributed by atoms with Crippen LogP contribution in [-0.2, 0) is 11.8 Å². The minimum atomic E-state index is -0.266. The summed E-state index contributed by atoms with van der Waals surface area (Å²) in [5.74, 6) is 4.26. The highest BCUT2D eigenvalue weighted by Gasteiger charge is 2.58. The topological polar surface area (TPSA) is 30.8 Å². The number of aliphatic imine (C=N–C) groups is 1. The zero-order valence-corrected chi connectivity index (χ0v) is 39.5. The lowest BCUT2D eigenvalue weighted by atomic mass is 9.58. The number of rotatable bonds is 12. The molecule has 0 spiro atoms. The number of fused-ring (bicyclic) bond motifs is 5. The first-order valence-corrected chi connectivity index (χ1v) is 25.2. The average Bonchev–Trinajstić information content (AvgIpc) is 3.75. The van der Waals surface area contributed by atoms with Crippen molar-refractivity contribution in [1.29, 1.82) is 0 Å². The molecule has 0 N–H and O–H groups in total. The molecular weight excluding hydrogens is 851 g/mol. The van der Waals surface area contributed by atoms with Crippen LogP contribution in [0.4, 0.5) is 0 Å². The van der Waals surface area contributed by atoms with E-state index in [1.165, 1.54) is 39.0 Å². The maximum absolute atomic E-state index is 7.11. The Morgan fingerprint density at radius 3 is 2.26 bits per heavy atom. The van der Waals surface area contributed by atoms with E-state index in [9.17, 15) is 0 Å². The van der Waals surface area contributed by atoms with Crippen molar-refractivity contribution in [3.05, 3.63) is 294 Å². The van der Waals surface area contributed by atoms with Crippen LogP contribution < -0.4 is 9.47 Å². The second kappa shape index (κ2) is 19.0. The summed E-state index contributed by atoms with van der Waals surface area (Å²) in [6.07, 6.45) is 36.1. The molecule has 1 aliphatic heterocycles. The Morgan fingerprint density at radius 1 is 0.671 bits per heavy atom. The zero-order valence-electron chi connectivity index (χ0n) is 39.5. The molecule has 7 unspecified atom stereocenters. The fourth-order valence-electron chi connectivity index (χ4n) is 12.3. The van der Waals surface area contributed by atoms with Crippen LogP contribution in [0.25, 0.3) is 16.7 Å². The molecule has 1 heterocycles. The molecule has 3 heteroatoms. The Labute approximate surface area is 413 Å². The van der Waals surface area contributed by atoms with Gasteiger partial charge in [0.1, 0.15) is 0 Å². The third-order valence-corrected chi connectivity index (χ3v) is 15.7. The van der Waals surface area contributed by atoms with Gasteiger partial charge in [0.05, 0.1) is 17.7 Å². The number of hydrogen-bond acceptors (Lipinski definition) is 3. The highest BCUT2D eigenvalue weighted by Crippen LogP contribution is 2.64. The number of ether oxygens (including phenoxy) is 2. The van der Waals surface area contributed by atoms with E-state index in [2.05, 4.69) is 237 Å². The highest BCUT2D eigenvalue weighted by molar-refractivity contribution is 6.08. The number of nitrogens with zero attached hydrogens (tertiary/aromatic N) is 1. The highest BCUT2D eigenvalue weighted by atomic mass is 16.6. The molecule has 12 rings (SSSR count). The predicted octanol–water partition coefficient (Wildman–Crippen LogP) is 16.0. The SMILES string of the molecule is C=CC(=NC(CCc1ccc(-c2ccc3c(c2)OC2=C(C=CC4C2c2ccccc2C4(c2ccccc2)C2C=CC=CC2)O3)cc1)C1C=CC=C(c2ccccc2)C1)c1cccc(C2C=CC=CC2)c1. The van der Waals surface area contributed by atoms with E-state index in [-0.39, 0.29) is 35.1 Å². The van der Waals surface area contributed by atoms with Crippen LogP contribution in [0.1, 0.15) is 76.5 Å². The maximum Gasteiger partial charge on any atom is 0.170 e. The first-order valence-electron chi connectivity index (χ1n) is 25.2. The standard InChI is InChI=1S/C67H57NO2/c1-2-60(53-25-17-23-50(43-53)47-19-7-3-8-20-47)68-61(54-26-18-24-51(44-54)48-21-9-4-10-22-48)40-35-46-33-36-49(37-34-46)52-38-41-62-64(45-52)70-66-63(69-62)42-39-59-65(66)57-31-15-16-32-58(57)67(59,55-27-11-5-12-28-55)56-29-13-6-14-30-56/h2-19,21-29,31-34,36-39,41-43,45,47,54,56,59,61,65H,1,20,30,35,40,44H2. The van der Waals surface area contributed by atoms with E-state index < -0.39 is 0 Å². The van der Waals surface area contributed by atoms with Gasteiger partial charge >= 0.3 is 0 Å². The van der Waals surface area contributed by atoms with E-state index in [0.717, 1.165) is 77.5 Å². The monoisotopic (exact) mass is 907 g/mol. The van der Waals surface area contributed by atoms with Gasteiger partial charge in [0.25, 0.3) is 0 Å². The third kappa shape index (κ3) is 8.03. The van der Waals surface area contributed by atoms with Crippen molar-refractivity contribution in [3.8, 4) is 22.6 Å². The van der Waals surface area contributed by atoms with Crippen LogP contribution in [0.5, 0.6) is 11.5 Å². The van der Waals surface area contributed by atoms with Crippen LogP contribution in [0.3, 0.4) is 0 Å². The van der Waals surface area contributed by atoms with Crippen LogP contribution in [0.15, 0.2) is 260 Å². The lowest BCUT2D eigenvalue weighted by Crippen LogP contribution is -2.42. The Morgan fingerprint density at radius 2 is 1.46 bits per heavy atom. The van der Waals surface area contributed by atoms with Gasteiger partial charge in [-0.15, -0.1) is 0 Å². The summed E-state index contributed by atoms with van der Waals surface area (Å²) >= 11 is 0. The quantitative estimate of drug-likeness (QED) is 0.115. The summed E-state index contributed by atoms with van der Waals surface area (Å²) in [6, 6.07) is 55.4. The number of hydrogen-bond donors (Lipinski definition) is 0. The smallest absolute Gasteiger partial charge is 0.170 e. The van der Waals surface area contributed by atoms with Gasteiger partial charge in [-0.25, -0.2) is 0 Å². The minimum absolute atomic E-state index is 0.00868. The van der Waals surface area contributed by atoms with Gasteiger partial charge in [0.2, 0.25) is 0 Å². The van der Waals surface area contributed by atoms with Crippen molar-refractivity contribution < 1.29 is 9.47 Å². The van der Waals surface area contributed by atoms with Crippen LogP contribution >= 0.6 is 0 Å². The van der Waals surface area contributed by atoms with E-state index in [4.69, 9.17) is 14.5 Å². The molecule has 342 valence electrons. The average molecular weight is 908 g/mol. The van der Waals surface area contributed by atoms with Gasteiger partial charge < -0.3 is 9.47 Å². The molecular formula is C67H57NO2. The van der Waals surface area contributed by atoms with E-state index >= 15 is 0 Å². The number of aryl methyl sites for hydroxylation is 1. The van der Waals surface area contributed by atoms with Gasteiger partial charge in [-0.1, -0.05) is 213 Å². The second-order valence-electron chi connectivity index (χ2n) is 19.5. The Bertz CT molecular complexity index is 3230. The largest absolute Gasteiger partial charge is 0.453 e. The van der Waals surface area contributed by atoms with E-state index in [1.807, 2.05) is 6.08 Å². The molecule has 0 fully saturated rings. The number of benzene rings is 6. The summed E-state index contributed by atoms with van der Waals surface area (Å²) in [6.45, 7) is 4.29. The van der Waals surface area contributed by atoms with E-state index in [1.54, 1.807) is 0 Å². The molecule has 0 aromatic heterocycles. The summed E-state index contributed by atoms with van der Waals surface area (Å²) in [4.78, 5) is 5.58. The van der Waals surface area contributed by atoms with Gasteiger partial charge in [-0.05, 0) is 124 Å². The fourth-order valence-corrected chi connectivity index (χ4v) is 12.3. The summed E-state index contributed by atoms with van der Waals surface area (Å²) in [7, 11) is 0. The minimum Gasteiger partial charge on any atom is -0.453 e. The predicted molar refractivity (Wildman–Crippen MR) is 288 cm³/mol. The fraction of sp³-hybridized carbons (Fsp3) is 0.179. The third-order valence-electron chi connectivity index (χ3n) is 15.7. The molecule has 5 aliphatic carbocycles. The molecule has 0 radical (unpaired) electrons. The lowest BCUT2D eigenvalue weighted by Gasteiger charge is -2.44. The second-order valence-corrected chi connectivity index (χ2v) is 19.5. The molecule has 3 nitrogen and oxygen atoms in total. The Balaban J connectivity index is 0.802. The normalized spacial score (nSPS) is 24.1. The Hall–Kier alpha value is -7.75. The van der Waals surface area contributed by atoms with Crippen molar-refractivity contribution in [2.24, 2.45) is 22.7 Å². The molecule has 0 saturated heterocycles. The van der Waals surface area contributed by atoms with Gasteiger partial charge in [-0.2, -0.15) is 0 Å². The van der Waals surface area contributed by atoms with E-state index in [0.29, 0.717) is 5.92 Å². The van der Waals surface area contributed by atoms with Crippen molar-refractivity contribution in [2.75, 3.05) is 0 Å². The van der Waals surface area contributed by atoms with Gasteiger partial charge in [-0.3, -0.25) is 4.99 Å². The molecule has 0 amide bonds. The van der Waals surface area contributed by atoms with Crippen LogP contribution in [0.2, 0.25) is 0 Å². The number of allylic oxidation sites excluding steroid dienone is 15. The van der Waals surface area contributed by atoms with Gasteiger partial charge in [0.15, 0.2) is 23.0 Å². The maximum atomic E-state index is 7.11. The molecule has 6 aromatic rings. The summed E-state index contributed by atoms with van der Waals surface area (Å²) < 4.78 is 13.8. The molecule has 70 heavy (non-hydrogen) atoms. The first-order chi connectivity index (χ1) is 34.6. The van der Waals surface area contributed by atoms with Gasteiger partial charge in [0, 0.05) is 23.2 Å². The lowest BCUT2D eigenvalue weighted by molar-refractivity contribution is 0.228. The summed E-state index contributed by atoms with van der Waals surface area (Å²) in [5.41, 5.74) is 13.3. The zero-order chi connectivity index (χ0) is 46.9. The van der Waals surface area contributed by atoms with Crippen molar-refractivity contribution in [3.63, 3.8) is 0 Å². The molecule has 7 atom stereocenters. The van der Waals surface area contributed by atoms with Crippen LogP contribution in [0, 0.1) is 17.8 Å². The molecule has 6 aromatic carbocycles. The Kier molecular flexibility index (Phi) is 11.8. The van der Waals surface area contributed by atoms with Crippen molar-refractivity contribution in [2.45, 2.75) is 55.4 Å². The molecule has 0 saturated carbocycles. The summed E-state index contributed by atoms with van der Waals surface area (Å²) in [5, 5.41) is 0.